The number of carbonyl (C=O) groups is 2. The molecular weight excluding hydrogens is 348 g/mol. The second-order valence-corrected chi connectivity index (χ2v) is 5.49. The third-order valence-corrected chi connectivity index (χ3v) is 3.27. The Kier molecular flexibility index (Phi) is 4.15. The first-order valence-corrected chi connectivity index (χ1v) is 6.71. The number of benzene rings is 1. The minimum atomic E-state index is -1.07. The van der Waals surface area contributed by atoms with Crippen LogP contribution >= 0.6 is 27.5 Å². The standard InChI is InChI=1S/C13H10BrClN2O3/c1-17-6-9(15)5-11(17)12(18)16-10-3-7(13(19)20)2-8(14)4-10/h2-6H,1H3,(H,16,18)(H,19,20). The van der Waals surface area contributed by atoms with Gasteiger partial charge in [0, 0.05) is 23.4 Å². The van der Waals surface area contributed by atoms with E-state index in [2.05, 4.69) is 21.2 Å². The van der Waals surface area contributed by atoms with E-state index in [1.54, 1.807) is 23.9 Å². The first-order valence-electron chi connectivity index (χ1n) is 5.54. The molecule has 104 valence electrons. The van der Waals surface area contributed by atoms with Crippen molar-refractivity contribution in [3.05, 3.63) is 51.2 Å². The fraction of sp³-hybridized carbons (Fsp3) is 0.0769. The Bertz CT molecular complexity index is 697. The van der Waals surface area contributed by atoms with E-state index < -0.39 is 5.97 Å². The summed E-state index contributed by atoms with van der Waals surface area (Å²) in [7, 11) is 1.70. The SMILES string of the molecule is Cn1cc(Cl)cc1C(=O)Nc1cc(Br)cc(C(=O)O)c1. The molecule has 20 heavy (non-hydrogen) atoms. The molecule has 0 aliphatic rings. The summed E-state index contributed by atoms with van der Waals surface area (Å²) in [5, 5.41) is 12.1. The van der Waals surface area contributed by atoms with Crippen LogP contribution in [0.5, 0.6) is 0 Å². The van der Waals surface area contributed by atoms with Gasteiger partial charge in [-0.15, -0.1) is 0 Å². The van der Waals surface area contributed by atoms with Crippen LogP contribution in [-0.4, -0.2) is 21.6 Å². The van der Waals surface area contributed by atoms with Gasteiger partial charge in [-0.2, -0.15) is 0 Å². The molecule has 2 rings (SSSR count). The molecule has 1 amide bonds. The van der Waals surface area contributed by atoms with E-state index >= 15 is 0 Å². The molecule has 7 heteroatoms. The Morgan fingerprint density at radius 2 is 2.00 bits per heavy atom. The lowest BCUT2D eigenvalue weighted by Gasteiger charge is -2.07. The number of anilines is 1. The van der Waals surface area contributed by atoms with E-state index in [-0.39, 0.29) is 11.5 Å². The number of carboxylic acid groups (broad SMARTS) is 1. The average molecular weight is 358 g/mol. The molecule has 0 fully saturated rings. The summed E-state index contributed by atoms with van der Waals surface area (Å²) in [6.45, 7) is 0. The first kappa shape index (κ1) is 14.6. The number of hydrogen-bond donors (Lipinski definition) is 2. The summed E-state index contributed by atoms with van der Waals surface area (Å²) in [5.41, 5.74) is 0.852. The molecule has 2 N–H and O–H groups in total. The molecule has 0 aliphatic carbocycles. The number of aryl methyl sites for hydroxylation is 1. The third-order valence-electron chi connectivity index (χ3n) is 2.61. The van der Waals surface area contributed by atoms with Gasteiger partial charge in [-0.25, -0.2) is 4.79 Å². The quantitative estimate of drug-likeness (QED) is 0.884. The number of halogens is 2. The van der Waals surface area contributed by atoms with Gasteiger partial charge in [0.05, 0.1) is 10.6 Å². The van der Waals surface area contributed by atoms with E-state index in [9.17, 15) is 9.59 Å². The van der Waals surface area contributed by atoms with Gasteiger partial charge in [0.1, 0.15) is 5.69 Å². The minimum absolute atomic E-state index is 0.0830. The van der Waals surface area contributed by atoms with Crippen molar-refractivity contribution in [2.24, 2.45) is 7.05 Å². The predicted octanol–water partition coefficient (Wildman–Crippen LogP) is 3.39. The van der Waals surface area contributed by atoms with Crippen molar-refractivity contribution in [3.63, 3.8) is 0 Å². The van der Waals surface area contributed by atoms with Gasteiger partial charge in [0.2, 0.25) is 0 Å². The normalized spacial score (nSPS) is 10.3. The summed E-state index contributed by atoms with van der Waals surface area (Å²) in [6, 6.07) is 5.99. The zero-order chi connectivity index (χ0) is 14.9. The highest BCUT2D eigenvalue weighted by atomic mass is 79.9. The van der Waals surface area contributed by atoms with Crippen molar-refractivity contribution >= 4 is 45.1 Å². The predicted molar refractivity (Wildman–Crippen MR) is 79.5 cm³/mol. The third kappa shape index (κ3) is 3.20. The summed E-state index contributed by atoms with van der Waals surface area (Å²) >= 11 is 9.02. The van der Waals surface area contributed by atoms with E-state index in [0.717, 1.165) is 0 Å². The molecule has 0 unspecified atom stereocenters. The van der Waals surface area contributed by atoms with Crippen LogP contribution in [0.15, 0.2) is 34.9 Å². The molecule has 0 atom stereocenters. The van der Waals surface area contributed by atoms with Crippen molar-refractivity contribution in [2.75, 3.05) is 5.32 Å². The fourth-order valence-corrected chi connectivity index (χ4v) is 2.47. The van der Waals surface area contributed by atoms with Gasteiger partial charge < -0.3 is 15.0 Å². The van der Waals surface area contributed by atoms with Crippen LogP contribution in [0.2, 0.25) is 5.02 Å². The number of nitrogens with zero attached hydrogens (tertiary/aromatic N) is 1. The summed E-state index contributed by atoms with van der Waals surface area (Å²) in [6.07, 6.45) is 1.61. The van der Waals surface area contributed by atoms with Crippen LogP contribution in [0.1, 0.15) is 20.8 Å². The Hall–Kier alpha value is -1.79. The molecule has 0 spiro atoms. The van der Waals surface area contributed by atoms with Crippen LogP contribution in [0.3, 0.4) is 0 Å². The van der Waals surface area contributed by atoms with Crippen LogP contribution in [-0.2, 0) is 7.05 Å². The average Bonchev–Trinajstić information content (AvgIpc) is 2.67. The van der Waals surface area contributed by atoms with Crippen LogP contribution in [0, 0.1) is 0 Å². The zero-order valence-electron chi connectivity index (χ0n) is 10.4. The van der Waals surface area contributed by atoms with E-state index in [0.29, 0.717) is 20.9 Å². The van der Waals surface area contributed by atoms with Gasteiger partial charge in [0.15, 0.2) is 0 Å². The second kappa shape index (κ2) is 5.68. The van der Waals surface area contributed by atoms with E-state index in [1.165, 1.54) is 18.2 Å². The Morgan fingerprint density at radius 1 is 1.30 bits per heavy atom. The fourth-order valence-electron chi connectivity index (χ4n) is 1.73. The highest BCUT2D eigenvalue weighted by molar-refractivity contribution is 9.10. The molecule has 1 aromatic heterocycles. The van der Waals surface area contributed by atoms with Crippen molar-refractivity contribution in [3.8, 4) is 0 Å². The van der Waals surface area contributed by atoms with Crippen molar-refractivity contribution in [1.82, 2.24) is 4.57 Å². The van der Waals surface area contributed by atoms with Crippen LogP contribution in [0.4, 0.5) is 5.69 Å². The molecule has 0 aliphatic heterocycles. The lowest BCUT2D eigenvalue weighted by atomic mass is 10.2. The lowest BCUT2D eigenvalue weighted by molar-refractivity contribution is 0.0696. The maximum Gasteiger partial charge on any atom is 0.335 e. The molecule has 1 heterocycles. The summed E-state index contributed by atoms with van der Waals surface area (Å²) in [4.78, 5) is 23.1. The van der Waals surface area contributed by atoms with Crippen LogP contribution in [0.25, 0.3) is 0 Å². The highest BCUT2D eigenvalue weighted by Crippen LogP contribution is 2.21. The van der Waals surface area contributed by atoms with Gasteiger partial charge in [-0.1, -0.05) is 27.5 Å². The number of hydrogen-bond acceptors (Lipinski definition) is 2. The smallest absolute Gasteiger partial charge is 0.335 e. The molecule has 0 saturated carbocycles. The number of amides is 1. The van der Waals surface area contributed by atoms with Gasteiger partial charge in [-0.3, -0.25) is 4.79 Å². The maximum atomic E-state index is 12.1. The van der Waals surface area contributed by atoms with Crippen LogP contribution < -0.4 is 5.32 Å². The molecule has 0 saturated heterocycles. The summed E-state index contributed by atoms with van der Waals surface area (Å²) in [5.74, 6) is -1.43. The number of carbonyl (C=O) groups excluding carboxylic acids is 1. The number of aromatic carboxylic acids is 1. The Morgan fingerprint density at radius 3 is 2.55 bits per heavy atom. The highest BCUT2D eigenvalue weighted by Gasteiger charge is 2.13. The molecule has 2 aromatic rings. The largest absolute Gasteiger partial charge is 0.478 e. The Balaban J connectivity index is 2.28. The van der Waals surface area contributed by atoms with Crippen molar-refractivity contribution < 1.29 is 14.7 Å². The first-order chi connectivity index (χ1) is 9.36. The van der Waals surface area contributed by atoms with Gasteiger partial charge in [-0.05, 0) is 24.3 Å². The second-order valence-electron chi connectivity index (χ2n) is 4.14. The molecule has 1 aromatic carbocycles. The van der Waals surface area contributed by atoms with Gasteiger partial charge in [0.25, 0.3) is 5.91 Å². The molecule has 0 bridgehead atoms. The lowest BCUT2D eigenvalue weighted by Crippen LogP contribution is -2.15. The monoisotopic (exact) mass is 356 g/mol. The maximum absolute atomic E-state index is 12.1. The number of nitrogens with one attached hydrogen (secondary N) is 1. The minimum Gasteiger partial charge on any atom is -0.478 e. The van der Waals surface area contributed by atoms with E-state index in [1.807, 2.05) is 0 Å². The molecular formula is C13H10BrClN2O3. The van der Waals surface area contributed by atoms with E-state index in [4.69, 9.17) is 16.7 Å². The number of rotatable bonds is 3. The summed E-state index contributed by atoms with van der Waals surface area (Å²) < 4.78 is 2.16. The topological polar surface area (TPSA) is 71.3 Å². The van der Waals surface area contributed by atoms with Crippen molar-refractivity contribution in [2.45, 2.75) is 0 Å². The number of carboxylic acids is 1. The Labute approximate surface area is 128 Å². The number of aromatic nitrogens is 1. The zero-order valence-corrected chi connectivity index (χ0v) is 12.7. The molecule has 5 nitrogen and oxygen atoms in total. The van der Waals surface area contributed by atoms with Gasteiger partial charge >= 0.3 is 5.97 Å². The van der Waals surface area contributed by atoms with Crippen molar-refractivity contribution in [1.29, 1.82) is 0 Å². The molecule has 0 radical (unpaired) electrons.